The van der Waals surface area contributed by atoms with E-state index in [4.69, 9.17) is 0 Å². The van der Waals surface area contributed by atoms with E-state index in [-0.39, 0.29) is 5.91 Å². The number of carbonyl (C=O) groups excluding carboxylic acids is 1. The van der Waals surface area contributed by atoms with Crippen LogP contribution >= 0.6 is 0 Å². The molecule has 2 rings (SSSR count). The van der Waals surface area contributed by atoms with E-state index in [0.717, 1.165) is 26.2 Å². The van der Waals surface area contributed by atoms with Gasteiger partial charge in [-0.1, -0.05) is 0 Å². The van der Waals surface area contributed by atoms with Gasteiger partial charge in [-0.15, -0.1) is 0 Å². The van der Waals surface area contributed by atoms with Crippen LogP contribution in [0.25, 0.3) is 0 Å². The van der Waals surface area contributed by atoms with Crippen molar-refractivity contribution in [2.75, 3.05) is 33.2 Å². The van der Waals surface area contributed by atoms with Gasteiger partial charge < -0.3 is 9.80 Å². The van der Waals surface area contributed by atoms with Crippen LogP contribution in [0.2, 0.25) is 0 Å². The summed E-state index contributed by atoms with van der Waals surface area (Å²) in [5.74, 6) is 0.212. The smallest absolute Gasteiger partial charge is 0.224 e. The van der Waals surface area contributed by atoms with E-state index >= 15 is 0 Å². The minimum Gasteiger partial charge on any atom is -0.340 e. The van der Waals surface area contributed by atoms with Gasteiger partial charge in [0.1, 0.15) is 12.7 Å². The largest absolute Gasteiger partial charge is 0.340 e. The molecule has 1 aliphatic rings. The molecule has 6 nitrogen and oxygen atoms in total. The summed E-state index contributed by atoms with van der Waals surface area (Å²) in [4.78, 5) is 19.9. The molecule has 6 heteroatoms. The molecule has 0 saturated carbocycles. The molecule has 0 radical (unpaired) electrons. The summed E-state index contributed by atoms with van der Waals surface area (Å²) >= 11 is 0. The highest BCUT2D eigenvalue weighted by Gasteiger charge is 2.18. The normalized spacial score (nSPS) is 17.7. The molecule has 0 aromatic carbocycles. The molecule has 1 aromatic heterocycles. The molecular formula is C10H17N5O. The van der Waals surface area contributed by atoms with Crippen LogP contribution in [-0.2, 0) is 11.3 Å². The number of hydrogen-bond acceptors (Lipinski definition) is 4. The Morgan fingerprint density at radius 2 is 2.06 bits per heavy atom. The maximum atomic E-state index is 11.8. The van der Waals surface area contributed by atoms with Gasteiger partial charge in [-0.2, -0.15) is 5.10 Å². The Kier molecular flexibility index (Phi) is 3.51. The lowest BCUT2D eigenvalue weighted by Crippen LogP contribution is -2.47. The van der Waals surface area contributed by atoms with Crippen LogP contribution < -0.4 is 0 Å². The van der Waals surface area contributed by atoms with Crippen LogP contribution in [0.3, 0.4) is 0 Å². The summed E-state index contributed by atoms with van der Waals surface area (Å²) in [6, 6.07) is 0. The number of amides is 1. The first-order chi connectivity index (χ1) is 7.75. The molecule has 1 aliphatic heterocycles. The Morgan fingerprint density at radius 1 is 1.31 bits per heavy atom. The van der Waals surface area contributed by atoms with Crippen molar-refractivity contribution in [3.63, 3.8) is 0 Å². The van der Waals surface area contributed by atoms with E-state index in [1.807, 2.05) is 4.90 Å². The average Bonchev–Trinajstić information content (AvgIpc) is 2.80. The van der Waals surface area contributed by atoms with E-state index in [0.29, 0.717) is 13.0 Å². The van der Waals surface area contributed by atoms with Gasteiger partial charge in [0.25, 0.3) is 0 Å². The summed E-state index contributed by atoms with van der Waals surface area (Å²) in [6.45, 7) is 4.23. The molecule has 0 bridgehead atoms. The van der Waals surface area contributed by atoms with Gasteiger partial charge in [-0.25, -0.2) is 4.98 Å². The van der Waals surface area contributed by atoms with Crippen LogP contribution in [0.4, 0.5) is 0 Å². The summed E-state index contributed by atoms with van der Waals surface area (Å²) in [7, 11) is 2.08. The first kappa shape index (κ1) is 11.1. The summed E-state index contributed by atoms with van der Waals surface area (Å²) in [6.07, 6.45) is 3.63. The van der Waals surface area contributed by atoms with Crippen LogP contribution in [-0.4, -0.2) is 63.7 Å². The minimum absolute atomic E-state index is 0.212. The monoisotopic (exact) mass is 223 g/mol. The molecule has 0 atom stereocenters. The lowest BCUT2D eigenvalue weighted by molar-refractivity contribution is -0.133. The van der Waals surface area contributed by atoms with E-state index in [2.05, 4.69) is 22.0 Å². The average molecular weight is 223 g/mol. The van der Waals surface area contributed by atoms with Crippen molar-refractivity contribution < 1.29 is 4.79 Å². The molecule has 1 amide bonds. The van der Waals surface area contributed by atoms with Gasteiger partial charge in [0.05, 0.1) is 6.54 Å². The minimum atomic E-state index is 0.212. The predicted octanol–water partition coefficient (Wildman–Crippen LogP) is -0.558. The van der Waals surface area contributed by atoms with E-state index in [9.17, 15) is 4.79 Å². The van der Waals surface area contributed by atoms with Crippen molar-refractivity contribution in [1.29, 1.82) is 0 Å². The van der Waals surface area contributed by atoms with Crippen molar-refractivity contribution in [1.82, 2.24) is 24.6 Å². The molecule has 1 fully saturated rings. The summed E-state index contributed by atoms with van der Waals surface area (Å²) in [5, 5.41) is 3.97. The Balaban J connectivity index is 1.75. The van der Waals surface area contributed by atoms with Gasteiger partial charge in [-0.3, -0.25) is 9.48 Å². The highest BCUT2D eigenvalue weighted by molar-refractivity contribution is 5.76. The third-order valence-corrected chi connectivity index (χ3v) is 2.88. The lowest BCUT2D eigenvalue weighted by Gasteiger charge is -2.32. The lowest BCUT2D eigenvalue weighted by atomic mass is 10.3. The highest BCUT2D eigenvalue weighted by Crippen LogP contribution is 2.02. The number of rotatable bonds is 3. The van der Waals surface area contributed by atoms with Crippen LogP contribution in [0.1, 0.15) is 6.42 Å². The quantitative estimate of drug-likeness (QED) is 0.689. The van der Waals surface area contributed by atoms with Crippen molar-refractivity contribution in [3.05, 3.63) is 12.7 Å². The van der Waals surface area contributed by atoms with Gasteiger partial charge in [0, 0.05) is 32.6 Å². The van der Waals surface area contributed by atoms with Crippen molar-refractivity contribution in [2.45, 2.75) is 13.0 Å². The van der Waals surface area contributed by atoms with Gasteiger partial charge in [0.2, 0.25) is 5.91 Å². The molecule has 1 aromatic rings. The van der Waals surface area contributed by atoms with Crippen molar-refractivity contribution in [2.24, 2.45) is 0 Å². The molecular weight excluding hydrogens is 206 g/mol. The Morgan fingerprint density at radius 3 is 2.69 bits per heavy atom. The number of nitrogens with zero attached hydrogens (tertiary/aromatic N) is 5. The zero-order chi connectivity index (χ0) is 11.4. The maximum absolute atomic E-state index is 11.8. The Labute approximate surface area is 94.9 Å². The molecule has 2 heterocycles. The van der Waals surface area contributed by atoms with Gasteiger partial charge in [0.15, 0.2) is 0 Å². The highest BCUT2D eigenvalue weighted by atomic mass is 16.2. The first-order valence-corrected chi connectivity index (χ1v) is 5.54. The summed E-state index contributed by atoms with van der Waals surface area (Å²) < 4.78 is 1.69. The second-order valence-electron chi connectivity index (χ2n) is 4.09. The Hall–Kier alpha value is -1.43. The second-order valence-corrected chi connectivity index (χ2v) is 4.09. The molecule has 0 unspecified atom stereocenters. The van der Waals surface area contributed by atoms with E-state index in [1.54, 1.807) is 11.0 Å². The van der Waals surface area contributed by atoms with E-state index < -0.39 is 0 Å². The molecule has 1 saturated heterocycles. The molecule has 16 heavy (non-hydrogen) atoms. The number of hydrogen-bond donors (Lipinski definition) is 0. The SMILES string of the molecule is CN1CCN(C(=O)CCn2cncn2)CC1. The maximum Gasteiger partial charge on any atom is 0.224 e. The molecule has 0 N–H and O–H groups in total. The number of likely N-dealkylation sites (N-methyl/N-ethyl adjacent to an activating group) is 1. The van der Waals surface area contributed by atoms with E-state index in [1.165, 1.54) is 6.33 Å². The Bertz CT molecular complexity index is 329. The molecule has 0 spiro atoms. The number of aromatic nitrogens is 3. The number of carbonyl (C=O) groups is 1. The third kappa shape index (κ3) is 2.79. The van der Waals surface area contributed by atoms with Crippen LogP contribution in [0, 0.1) is 0 Å². The number of piperazine rings is 1. The molecule has 0 aliphatic carbocycles. The fourth-order valence-electron chi connectivity index (χ4n) is 1.77. The van der Waals surface area contributed by atoms with Crippen molar-refractivity contribution >= 4 is 5.91 Å². The topological polar surface area (TPSA) is 54.3 Å². The van der Waals surface area contributed by atoms with Crippen LogP contribution in [0.15, 0.2) is 12.7 Å². The summed E-state index contributed by atoms with van der Waals surface area (Å²) in [5.41, 5.74) is 0. The first-order valence-electron chi connectivity index (χ1n) is 5.54. The zero-order valence-electron chi connectivity index (χ0n) is 9.54. The fraction of sp³-hybridized carbons (Fsp3) is 0.700. The van der Waals surface area contributed by atoms with Crippen LogP contribution in [0.5, 0.6) is 0 Å². The standard InChI is InChI=1S/C10H17N5O/c1-13-4-6-14(7-5-13)10(16)2-3-15-9-11-8-12-15/h8-9H,2-7H2,1H3. The third-order valence-electron chi connectivity index (χ3n) is 2.88. The second kappa shape index (κ2) is 5.07. The number of aryl methyl sites for hydroxylation is 1. The van der Waals surface area contributed by atoms with Gasteiger partial charge in [-0.05, 0) is 7.05 Å². The predicted molar refractivity (Wildman–Crippen MR) is 58.7 cm³/mol. The van der Waals surface area contributed by atoms with Gasteiger partial charge >= 0.3 is 0 Å². The van der Waals surface area contributed by atoms with Crippen molar-refractivity contribution in [3.8, 4) is 0 Å². The fourth-order valence-corrected chi connectivity index (χ4v) is 1.77. The molecule has 88 valence electrons. The zero-order valence-corrected chi connectivity index (χ0v) is 9.54.